The lowest BCUT2D eigenvalue weighted by Gasteiger charge is -2.22. The van der Waals surface area contributed by atoms with E-state index >= 15 is 0 Å². The van der Waals surface area contributed by atoms with E-state index in [1.165, 1.54) is 32.9 Å². The van der Waals surface area contributed by atoms with E-state index < -0.39 is 20.4 Å². The Morgan fingerprint density at radius 1 is 1.25 bits per heavy atom. The number of Topliss-reactive ketones (excluding diaryl/α,β-unsaturated/α-hetero) is 1. The van der Waals surface area contributed by atoms with Crippen LogP contribution in [0, 0.1) is 0 Å². The highest BCUT2D eigenvalue weighted by Gasteiger charge is 2.40. The largest absolute Gasteiger partial charge is 0.298 e. The van der Waals surface area contributed by atoms with Crippen LogP contribution in [0.15, 0.2) is 29.2 Å². The molecule has 0 radical (unpaired) electrons. The van der Waals surface area contributed by atoms with Crippen LogP contribution < -0.4 is 0 Å². The molecule has 0 heterocycles. The monoisotopic (exact) mass is 260 g/mol. The number of halogens is 1. The minimum Gasteiger partial charge on any atom is -0.298 e. The summed E-state index contributed by atoms with van der Waals surface area (Å²) in [5.74, 6) is -0.410. The molecule has 0 aliphatic heterocycles. The van der Waals surface area contributed by atoms with E-state index in [0.29, 0.717) is 0 Å². The number of hydrogen-bond acceptors (Lipinski definition) is 3. The van der Waals surface area contributed by atoms with Crippen LogP contribution in [-0.2, 0) is 14.6 Å². The third-order valence-electron chi connectivity index (χ3n) is 2.65. The van der Waals surface area contributed by atoms with Crippen molar-refractivity contribution in [2.45, 2.75) is 30.4 Å². The zero-order chi connectivity index (χ0) is 12.6. The maximum absolute atomic E-state index is 12.2. The number of sulfone groups is 1. The van der Waals surface area contributed by atoms with Crippen molar-refractivity contribution in [1.29, 1.82) is 0 Å². The fourth-order valence-corrected chi connectivity index (χ4v) is 3.08. The number of benzene rings is 1. The molecule has 0 saturated heterocycles. The molecule has 0 bridgehead atoms. The van der Waals surface area contributed by atoms with Crippen molar-refractivity contribution >= 4 is 27.2 Å². The van der Waals surface area contributed by atoms with E-state index in [1.807, 2.05) is 0 Å². The van der Waals surface area contributed by atoms with E-state index in [4.69, 9.17) is 11.6 Å². The van der Waals surface area contributed by atoms with Gasteiger partial charge < -0.3 is 0 Å². The van der Waals surface area contributed by atoms with Crippen LogP contribution in [0.25, 0.3) is 0 Å². The average molecular weight is 261 g/mol. The normalized spacial score (nSPS) is 12.5. The van der Waals surface area contributed by atoms with Crippen molar-refractivity contribution in [3.05, 3.63) is 29.3 Å². The molecular weight excluding hydrogens is 248 g/mol. The van der Waals surface area contributed by atoms with Gasteiger partial charge in [0.25, 0.3) is 0 Å². The SMILES string of the molecule is CC(=O)C(C)(C)S(=O)(=O)c1ccccc1Cl. The highest BCUT2D eigenvalue weighted by Crippen LogP contribution is 2.30. The van der Waals surface area contributed by atoms with Gasteiger partial charge in [0.05, 0.1) is 9.92 Å². The molecule has 1 rings (SSSR count). The lowest BCUT2D eigenvalue weighted by molar-refractivity contribution is -0.118. The van der Waals surface area contributed by atoms with Crippen LogP contribution in [0.2, 0.25) is 5.02 Å². The second kappa shape index (κ2) is 4.18. The first-order valence-electron chi connectivity index (χ1n) is 4.71. The summed E-state index contributed by atoms with van der Waals surface area (Å²) in [6.45, 7) is 4.02. The van der Waals surface area contributed by atoms with E-state index in [-0.39, 0.29) is 9.92 Å². The van der Waals surface area contributed by atoms with Crippen molar-refractivity contribution in [1.82, 2.24) is 0 Å². The summed E-state index contributed by atoms with van der Waals surface area (Å²) in [5, 5.41) is 0.136. The van der Waals surface area contributed by atoms with Gasteiger partial charge in [-0.15, -0.1) is 0 Å². The molecule has 5 heteroatoms. The lowest BCUT2D eigenvalue weighted by Crippen LogP contribution is -2.39. The Bertz CT molecular complexity index is 518. The van der Waals surface area contributed by atoms with Gasteiger partial charge in [-0.25, -0.2) is 8.42 Å². The third-order valence-corrected chi connectivity index (χ3v) is 5.65. The number of carbonyl (C=O) groups excluding carboxylic acids is 1. The molecule has 0 aliphatic rings. The Balaban J connectivity index is 3.45. The smallest absolute Gasteiger partial charge is 0.192 e. The molecule has 3 nitrogen and oxygen atoms in total. The number of hydrogen-bond donors (Lipinski definition) is 0. The Morgan fingerprint density at radius 2 is 1.75 bits per heavy atom. The highest BCUT2D eigenvalue weighted by molar-refractivity contribution is 7.93. The van der Waals surface area contributed by atoms with Crippen LogP contribution in [0.5, 0.6) is 0 Å². The highest BCUT2D eigenvalue weighted by atomic mass is 35.5. The van der Waals surface area contributed by atoms with E-state index in [0.717, 1.165) is 0 Å². The molecule has 0 aromatic heterocycles. The number of ketones is 1. The van der Waals surface area contributed by atoms with Gasteiger partial charge in [-0.3, -0.25) is 4.79 Å². The maximum atomic E-state index is 12.2. The van der Waals surface area contributed by atoms with Gasteiger partial charge in [0, 0.05) is 0 Å². The third kappa shape index (κ3) is 1.99. The van der Waals surface area contributed by atoms with Gasteiger partial charge in [0.1, 0.15) is 4.75 Å². The second-order valence-electron chi connectivity index (χ2n) is 4.00. The average Bonchev–Trinajstić information content (AvgIpc) is 2.17. The Labute approximate surface area is 100 Å². The molecule has 0 N–H and O–H groups in total. The summed E-state index contributed by atoms with van der Waals surface area (Å²) in [6.07, 6.45) is 0. The Kier molecular flexibility index (Phi) is 3.45. The topological polar surface area (TPSA) is 51.2 Å². The number of carbonyl (C=O) groups is 1. The standard InChI is InChI=1S/C11H13ClO3S/c1-8(13)11(2,3)16(14,15)10-7-5-4-6-9(10)12/h4-7H,1-3H3. The molecule has 1 aromatic carbocycles. The zero-order valence-corrected chi connectivity index (χ0v) is 10.9. The Hall–Kier alpha value is -0.870. The van der Waals surface area contributed by atoms with Crippen molar-refractivity contribution in [3.8, 4) is 0 Å². The Morgan fingerprint density at radius 3 is 2.19 bits per heavy atom. The molecule has 0 saturated carbocycles. The van der Waals surface area contributed by atoms with Gasteiger partial charge in [0.2, 0.25) is 0 Å². The lowest BCUT2D eigenvalue weighted by atomic mass is 10.1. The molecule has 0 aliphatic carbocycles. The predicted molar refractivity (Wildman–Crippen MR) is 63.4 cm³/mol. The van der Waals surface area contributed by atoms with Gasteiger partial charge in [-0.2, -0.15) is 0 Å². The van der Waals surface area contributed by atoms with Crippen LogP contribution in [0.3, 0.4) is 0 Å². The van der Waals surface area contributed by atoms with Gasteiger partial charge in [-0.1, -0.05) is 23.7 Å². The molecule has 1 aromatic rings. The quantitative estimate of drug-likeness (QED) is 0.839. The molecule has 16 heavy (non-hydrogen) atoms. The fraction of sp³-hybridized carbons (Fsp3) is 0.364. The predicted octanol–water partition coefficient (Wildman–Crippen LogP) is 2.48. The second-order valence-corrected chi connectivity index (χ2v) is 6.87. The van der Waals surface area contributed by atoms with Gasteiger partial charge >= 0.3 is 0 Å². The fourth-order valence-electron chi connectivity index (χ4n) is 1.13. The molecule has 0 unspecified atom stereocenters. The van der Waals surface area contributed by atoms with E-state index in [1.54, 1.807) is 12.1 Å². The summed E-state index contributed by atoms with van der Waals surface area (Å²) in [4.78, 5) is 11.4. The maximum Gasteiger partial charge on any atom is 0.192 e. The summed E-state index contributed by atoms with van der Waals surface area (Å²) in [5.41, 5.74) is 0. The van der Waals surface area contributed by atoms with E-state index in [9.17, 15) is 13.2 Å². The van der Waals surface area contributed by atoms with Crippen molar-refractivity contribution in [3.63, 3.8) is 0 Å². The summed E-state index contributed by atoms with van der Waals surface area (Å²) >= 11 is 5.83. The zero-order valence-electron chi connectivity index (χ0n) is 9.32. The molecule has 88 valence electrons. The minimum absolute atomic E-state index is 0.00290. The first kappa shape index (κ1) is 13.2. The van der Waals surface area contributed by atoms with E-state index in [2.05, 4.69) is 0 Å². The first-order chi connectivity index (χ1) is 7.21. The molecule has 0 atom stereocenters. The molecule has 0 amide bonds. The summed E-state index contributed by atoms with van der Waals surface area (Å²) < 4.78 is 23.0. The van der Waals surface area contributed by atoms with Crippen LogP contribution in [0.1, 0.15) is 20.8 Å². The van der Waals surface area contributed by atoms with Crippen LogP contribution in [-0.4, -0.2) is 18.9 Å². The molecule has 0 fully saturated rings. The molecular formula is C11H13ClO3S. The van der Waals surface area contributed by atoms with Crippen LogP contribution in [0.4, 0.5) is 0 Å². The molecule has 0 spiro atoms. The first-order valence-corrected chi connectivity index (χ1v) is 6.57. The van der Waals surface area contributed by atoms with Gasteiger partial charge in [-0.05, 0) is 32.9 Å². The van der Waals surface area contributed by atoms with Crippen LogP contribution >= 0.6 is 11.6 Å². The van der Waals surface area contributed by atoms with Crippen molar-refractivity contribution in [2.75, 3.05) is 0 Å². The van der Waals surface area contributed by atoms with Gasteiger partial charge in [0.15, 0.2) is 15.6 Å². The summed E-state index contributed by atoms with van der Waals surface area (Å²) in [6, 6.07) is 6.12. The van der Waals surface area contributed by atoms with Crippen molar-refractivity contribution < 1.29 is 13.2 Å². The summed E-state index contributed by atoms with van der Waals surface area (Å²) in [7, 11) is -3.75. The number of rotatable bonds is 3. The minimum atomic E-state index is -3.75. The van der Waals surface area contributed by atoms with Crippen molar-refractivity contribution in [2.24, 2.45) is 0 Å².